The summed E-state index contributed by atoms with van der Waals surface area (Å²) in [6.45, 7) is 1.01. The molecule has 0 radical (unpaired) electrons. The van der Waals surface area contributed by atoms with Crippen molar-refractivity contribution in [3.8, 4) is 0 Å². The molecule has 5 heterocycles. The number of carboxylic acid groups (broad SMARTS) is 1. The molecule has 3 amide bonds. The number of pyridine rings is 1. The van der Waals surface area contributed by atoms with Crippen molar-refractivity contribution in [3.63, 3.8) is 0 Å². The van der Waals surface area contributed by atoms with Gasteiger partial charge in [-0.05, 0) is 31.0 Å². The molecule has 40 heavy (non-hydrogen) atoms. The van der Waals surface area contributed by atoms with Crippen LogP contribution in [0.4, 0.5) is 27.0 Å². The highest BCUT2D eigenvalue weighted by molar-refractivity contribution is 5.98. The lowest BCUT2D eigenvalue weighted by Gasteiger charge is -2.35. The highest BCUT2D eigenvalue weighted by Crippen LogP contribution is 2.37. The molecule has 1 aliphatic carbocycles. The van der Waals surface area contributed by atoms with E-state index in [1.54, 1.807) is 43.5 Å². The van der Waals surface area contributed by atoms with Gasteiger partial charge in [0.1, 0.15) is 22.8 Å². The van der Waals surface area contributed by atoms with Crippen molar-refractivity contribution in [2.45, 2.75) is 50.2 Å². The number of nitrogens with one attached hydrogen (secondary N) is 1. The lowest BCUT2D eigenvalue weighted by atomic mass is 9.91. The van der Waals surface area contributed by atoms with Crippen molar-refractivity contribution in [3.05, 3.63) is 36.3 Å². The van der Waals surface area contributed by atoms with Crippen LogP contribution in [0.1, 0.15) is 55.1 Å². The first-order valence-corrected chi connectivity index (χ1v) is 13.5. The van der Waals surface area contributed by atoms with Crippen LogP contribution in [-0.2, 0) is 4.74 Å². The van der Waals surface area contributed by atoms with Crippen LogP contribution >= 0.6 is 0 Å². The van der Waals surface area contributed by atoms with Gasteiger partial charge in [-0.15, -0.1) is 0 Å². The second-order valence-electron chi connectivity index (χ2n) is 10.9. The van der Waals surface area contributed by atoms with Crippen LogP contribution in [0.15, 0.2) is 30.6 Å². The highest BCUT2D eigenvalue weighted by Gasteiger charge is 2.48. The number of likely N-dealkylation sites (tertiary alicyclic amines) is 1. The van der Waals surface area contributed by atoms with Gasteiger partial charge in [0.15, 0.2) is 0 Å². The number of ether oxygens (including phenoxy) is 1. The summed E-state index contributed by atoms with van der Waals surface area (Å²) in [5.41, 5.74) is 1.23. The van der Waals surface area contributed by atoms with Crippen LogP contribution in [-0.4, -0.2) is 91.8 Å². The van der Waals surface area contributed by atoms with Crippen LogP contribution < -0.4 is 10.2 Å². The number of hydrogen-bond donors (Lipinski definition) is 2. The fourth-order valence-electron chi connectivity index (χ4n) is 5.92. The number of fused-ring (bicyclic) bond motifs is 1. The Morgan fingerprint density at radius 3 is 2.52 bits per heavy atom. The van der Waals surface area contributed by atoms with Crippen molar-refractivity contribution in [2.24, 2.45) is 0 Å². The topological polar surface area (TPSA) is 146 Å². The number of carbonyl (C=O) groups is 3. The summed E-state index contributed by atoms with van der Waals surface area (Å²) in [4.78, 5) is 55.0. The minimum absolute atomic E-state index is 0.0636. The van der Waals surface area contributed by atoms with Crippen molar-refractivity contribution >= 4 is 46.6 Å². The number of piperidine rings is 1. The predicted octanol–water partition coefficient (Wildman–Crippen LogP) is 3.86. The van der Waals surface area contributed by atoms with E-state index in [-0.39, 0.29) is 11.9 Å². The number of anilines is 3. The molecule has 0 aromatic carbocycles. The van der Waals surface area contributed by atoms with Crippen LogP contribution in [0.2, 0.25) is 0 Å². The van der Waals surface area contributed by atoms with Gasteiger partial charge < -0.3 is 29.5 Å². The summed E-state index contributed by atoms with van der Waals surface area (Å²) in [7, 11) is 3.49. The quantitative estimate of drug-likeness (QED) is 0.485. The number of carbonyl (C=O) groups excluding carboxylic acids is 2. The number of hydrogen-bond acceptors (Lipinski definition) is 8. The first-order valence-electron chi connectivity index (χ1n) is 13.5. The molecular weight excluding hydrogens is 516 g/mol. The second-order valence-corrected chi connectivity index (χ2v) is 10.9. The zero-order chi connectivity index (χ0) is 28.0. The van der Waals surface area contributed by atoms with Gasteiger partial charge in [-0.2, -0.15) is 4.98 Å². The third kappa shape index (κ3) is 4.65. The summed E-state index contributed by atoms with van der Waals surface area (Å²) in [5, 5.41) is 13.2. The van der Waals surface area contributed by atoms with E-state index in [4.69, 9.17) is 9.72 Å². The van der Waals surface area contributed by atoms with E-state index < -0.39 is 17.8 Å². The SMILES string of the molecule is CN(C)C(=O)c1cc2cnc(Nc3ccc(N4CC5(CCN(C(=O)O)CC5)OC4=O)cn3)nc2n1C1CCCC1. The van der Waals surface area contributed by atoms with E-state index in [1.165, 1.54) is 9.80 Å². The fraction of sp³-hybridized carbons (Fsp3) is 0.481. The molecule has 1 saturated carbocycles. The number of rotatable bonds is 5. The maximum Gasteiger partial charge on any atom is 0.415 e. The third-order valence-corrected chi connectivity index (χ3v) is 8.11. The van der Waals surface area contributed by atoms with Gasteiger partial charge in [-0.3, -0.25) is 9.69 Å². The molecule has 3 aliphatic rings. The third-order valence-electron chi connectivity index (χ3n) is 8.11. The van der Waals surface area contributed by atoms with E-state index in [0.29, 0.717) is 61.3 Å². The average molecular weight is 549 g/mol. The van der Waals surface area contributed by atoms with Gasteiger partial charge in [-0.1, -0.05) is 12.8 Å². The summed E-state index contributed by atoms with van der Waals surface area (Å²) in [6, 6.07) is 5.59. The molecule has 0 unspecified atom stereocenters. The minimum Gasteiger partial charge on any atom is -0.465 e. The van der Waals surface area contributed by atoms with E-state index in [2.05, 4.69) is 19.9 Å². The van der Waals surface area contributed by atoms with Gasteiger partial charge in [0.2, 0.25) is 5.95 Å². The van der Waals surface area contributed by atoms with Gasteiger partial charge in [0.25, 0.3) is 5.91 Å². The largest absolute Gasteiger partial charge is 0.465 e. The number of nitrogens with zero attached hydrogens (tertiary/aromatic N) is 7. The zero-order valence-electron chi connectivity index (χ0n) is 22.5. The van der Waals surface area contributed by atoms with E-state index in [9.17, 15) is 19.5 Å². The summed E-state index contributed by atoms with van der Waals surface area (Å²) < 4.78 is 7.77. The van der Waals surface area contributed by atoms with Gasteiger partial charge in [0.05, 0.1) is 18.4 Å². The number of aromatic nitrogens is 4. The van der Waals surface area contributed by atoms with Crippen molar-refractivity contribution < 1.29 is 24.2 Å². The zero-order valence-corrected chi connectivity index (χ0v) is 22.5. The Hall–Kier alpha value is -4.42. The molecule has 3 aromatic heterocycles. The summed E-state index contributed by atoms with van der Waals surface area (Å²) in [6.07, 6.45) is 7.05. The molecule has 13 nitrogen and oxygen atoms in total. The number of amides is 3. The molecule has 3 fully saturated rings. The van der Waals surface area contributed by atoms with Gasteiger partial charge in [-0.25, -0.2) is 19.6 Å². The maximum atomic E-state index is 12.9. The summed E-state index contributed by atoms with van der Waals surface area (Å²) >= 11 is 0. The lowest BCUT2D eigenvalue weighted by Crippen LogP contribution is -2.48. The molecular formula is C27H32N8O5. The molecule has 210 valence electrons. The second kappa shape index (κ2) is 9.96. The smallest absolute Gasteiger partial charge is 0.415 e. The molecule has 3 aromatic rings. The van der Waals surface area contributed by atoms with Crippen LogP contribution in [0.3, 0.4) is 0 Å². The Morgan fingerprint density at radius 2 is 1.88 bits per heavy atom. The van der Waals surface area contributed by atoms with Crippen molar-refractivity contribution in [2.75, 3.05) is 43.9 Å². The van der Waals surface area contributed by atoms with E-state index in [1.807, 2.05) is 6.07 Å². The molecule has 2 aliphatic heterocycles. The van der Waals surface area contributed by atoms with Crippen LogP contribution in [0, 0.1) is 0 Å². The molecule has 2 saturated heterocycles. The molecule has 13 heteroatoms. The maximum absolute atomic E-state index is 12.9. The van der Waals surface area contributed by atoms with E-state index >= 15 is 0 Å². The molecule has 0 atom stereocenters. The van der Waals surface area contributed by atoms with Crippen LogP contribution in [0.25, 0.3) is 11.0 Å². The molecule has 1 spiro atoms. The standard InChI is InChI=1S/C27H32N8O5/c1-32(2)23(36)20-13-17-14-29-24(31-22(17)35(20)18-5-3-4-6-18)30-21-8-7-19(15-28-21)34-16-27(40-26(34)39)9-11-33(12-10-27)25(37)38/h7-8,13-15,18H,3-6,9-12,16H2,1-2H3,(H,37,38)(H,28,29,30,31). The monoisotopic (exact) mass is 548 g/mol. The van der Waals surface area contributed by atoms with Crippen molar-refractivity contribution in [1.29, 1.82) is 0 Å². The molecule has 0 bridgehead atoms. The molecule has 6 rings (SSSR count). The predicted molar refractivity (Wildman–Crippen MR) is 146 cm³/mol. The fourth-order valence-corrected chi connectivity index (χ4v) is 5.92. The minimum atomic E-state index is -0.958. The Balaban J connectivity index is 1.20. The first-order chi connectivity index (χ1) is 19.2. The lowest BCUT2D eigenvalue weighted by molar-refractivity contribution is 0.00452. The first kappa shape index (κ1) is 25.8. The van der Waals surface area contributed by atoms with Crippen molar-refractivity contribution in [1.82, 2.24) is 29.3 Å². The molecule has 2 N–H and O–H groups in total. The van der Waals surface area contributed by atoms with Gasteiger partial charge >= 0.3 is 12.2 Å². The van der Waals surface area contributed by atoms with E-state index in [0.717, 1.165) is 31.1 Å². The van der Waals surface area contributed by atoms with Gasteiger partial charge in [0, 0.05) is 57.7 Å². The van der Waals surface area contributed by atoms with Crippen LogP contribution in [0.5, 0.6) is 0 Å². The average Bonchev–Trinajstić information content (AvgIpc) is 3.66. The highest BCUT2D eigenvalue weighted by atomic mass is 16.6. The Labute approximate surface area is 230 Å². The Morgan fingerprint density at radius 1 is 1.12 bits per heavy atom. The Kier molecular flexibility index (Phi) is 6.43. The Bertz CT molecular complexity index is 1460. The summed E-state index contributed by atoms with van der Waals surface area (Å²) in [5.74, 6) is 0.800. The normalized spacial score (nSPS) is 18.9.